The molecular formula is C15H15BrN4O5. The first-order valence-corrected chi connectivity index (χ1v) is 7.98. The quantitative estimate of drug-likeness (QED) is 0.700. The minimum atomic E-state index is -0.768. The lowest BCUT2D eigenvalue weighted by molar-refractivity contribution is 0.248. The van der Waals surface area contributed by atoms with Crippen LogP contribution in [0.15, 0.2) is 26.2 Å². The highest BCUT2D eigenvalue weighted by atomic mass is 79.9. The molecule has 1 atom stereocenters. The molecule has 1 aliphatic heterocycles. The van der Waals surface area contributed by atoms with E-state index in [0.29, 0.717) is 21.5 Å². The normalized spacial score (nSPS) is 15.8. The van der Waals surface area contributed by atoms with Crippen molar-refractivity contribution in [3.05, 3.63) is 48.6 Å². The number of ether oxygens (including phenoxy) is 2. The maximum Gasteiger partial charge on any atom is 0.329 e. The Balaban J connectivity index is 2.26. The van der Waals surface area contributed by atoms with Crippen molar-refractivity contribution >= 4 is 27.8 Å². The number of benzene rings is 1. The molecule has 0 bridgehead atoms. The molecule has 2 amide bonds. The number of nitrogens with one attached hydrogen (secondary N) is 3. The predicted octanol–water partition coefficient (Wildman–Crippen LogP) is 1.08. The molecule has 3 rings (SSSR count). The Hall–Kier alpha value is -2.75. The highest BCUT2D eigenvalue weighted by Gasteiger charge is 2.31. The number of methoxy groups -OCH3 is 2. The average molecular weight is 411 g/mol. The second kappa shape index (κ2) is 6.28. The highest BCUT2D eigenvalue weighted by Crippen LogP contribution is 2.39. The van der Waals surface area contributed by atoms with Gasteiger partial charge in [0, 0.05) is 7.05 Å². The van der Waals surface area contributed by atoms with E-state index in [1.165, 1.54) is 25.8 Å². The van der Waals surface area contributed by atoms with E-state index in [2.05, 4.69) is 31.5 Å². The summed E-state index contributed by atoms with van der Waals surface area (Å²) in [6.07, 6.45) is 0. The molecule has 2 heterocycles. The minimum absolute atomic E-state index is 0.147. The molecule has 10 heteroatoms. The number of hydrogen-bond donors (Lipinski definition) is 3. The van der Waals surface area contributed by atoms with Crippen molar-refractivity contribution in [3.63, 3.8) is 0 Å². The molecule has 9 nitrogen and oxygen atoms in total. The third-order valence-corrected chi connectivity index (χ3v) is 4.53. The van der Waals surface area contributed by atoms with E-state index < -0.39 is 23.3 Å². The molecule has 0 unspecified atom stereocenters. The molecule has 3 N–H and O–H groups in total. The third-order valence-electron chi connectivity index (χ3n) is 3.95. The van der Waals surface area contributed by atoms with Gasteiger partial charge in [0.15, 0.2) is 11.5 Å². The number of carbonyl (C=O) groups is 1. The van der Waals surface area contributed by atoms with Gasteiger partial charge in [-0.25, -0.2) is 9.59 Å². The maximum atomic E-state index is 12.4. The number of carbonyl (C=O) groups excluding carboxylic acids is 1. The van der Waals surface area contributed by atoms with Gasteiger partial charge < -0.3 is 14.8 Å². The number of aromatic amines is 1. The second-order valence-corrected chi connectivity index (χ2v) is 6.20. The first kappa shape index (κ1) is 17.1. The van der Waals surface area contributed by atoms with E-state index in [0.717, 1.165) is 0 Å². The van der Waals surface area contributed by atoms with Gasteiger partial charge in [-0.2, -0.15) is 0 Å². The molecule has 0 saturated heterocycles. The van der Waals surface area contributed by atoms with Crippen molar-refractivity contribution < 1.29 is 14.3 Å². The van der Waals surface area contributed by atoms with Crippen molar-refractivity contribution in [1.82, 2.24) is 14.9 Å². The van der Waals surface area contributed by atoms with Gasteiger partial charge in [-0.15, -0.1) is 0 Å². The lowest BCUT2D eigenvalue weighted by atomic mass is 9.98. The van der Waals surface area contributed by atoms with Gasteiger partial charge in [0.2, 0.25) is 0 Å². The standard InChI is InChI=1S/C15H15BrN4O5/c1-20-12-9(13(21)19-15(20)23)10(17-14(22)18-12)6-4-7(16)11(25-3)8(5-6)24-2/h4-5,10H,1-3H3,(H2,17,18,22)(H,19,21,23)/t10-/m0/s1. The van der Waals surface area contributed by atoms with Crippen LogP contribution in [0.2, 0.25) is 0 Å². The molecule has 132 valence electrons. The number of urea groups is 1. The lowest BCUT2D eigenvalue weighted by Gasteiger charge is -2.28. The number of amides is 2. The fraction of sp³-hybridized carbons (Fsp3) is 0.267. The van der Waals surface area contributed by atoms with Gasteiger partial charge in [0.1, 0.15) is 5.82 Å². The van der Waals surface area contributed by atoms with Crippen LogP contribution in [0.1, 0.15) is 17.2 Å². The molecule has 0 radical (unpaired) electrons. The number of fused-ring (bicyclic) bond motifs is 1. The zero-order chi connectivity index (χ0) is 18.3. The van der Waals surface area contributed by atoms with Gasteiger partial charge in [-0.3, -0.25) is 19.7 Å². The second-order valence-electron chi connectivity index (χ2n) is 5.35. The summed E-state index contributed by atoms with van der Waals surface area (Å²) < 4.78 is 12.4. The van der Waals surface area contributed by atoms with Crippen LogP contribution < -0.4 is 31.4 Å². The summed E-state index contributed by atoms with van der Waals surface area (Å²) in [5.74, 6) is 1.07. The molecular weight excluding hydrogens is 396 g/mol. The Labute approximate surface area is 150 Å². The molecule has 0 spiro atoms. The summed E-state index contributed by atoms with van der Waals surface area (Å²) in [6.45, 7) is 0. The van der Waals surface area contributed by atoms with Gasteiger partial charge >= 0.3 is 11.7 Å². The number of halogens is 1. The van der Waals surface area contributed by atoms with Crippen LogP contribution in [0, 0.1) is 0 Å². The van der Waals surface area contributed by atoms with E-state index in [1.54, 1.807) is 12.1 Å². The van der Waals surface area contributed by atoms with Crippen molar-refractivity contribution in [3.8, 4) is 11.5 Å². The summed E-state index contributed by atoms with van der Waals surface area (Å²) >= 11 is 3.39. The van der Waals surface area contributed by atoms with Crippen LogP contribution in [0.25, 0.3) is 0 Å². The lowest BCUT2D eigenvalue weighted by Crippen LogP contribution is -2.46. The largest absolute Gasteiger partial charge is 0.493 e. The Kier molecular flexibility index (Phi) is 4.29. The molecule has 0 saturated carbocycles. The van der Waals surface area contributed by atoms with Crippen LogP contribution in [0.5, 0.6) is 11.5 Å². The fourth-order valence-electron chi connectivity index (χ4n) is 2.76. The summed E-state index contributed by atoms with van der Waals surface area (Å²) in [6, 6.07) is 2.08. The van der Waals surface area contributed by atoms with Crippen LogP contribution in [0.3, 0.4) is 0 Å². The summed E-state index contributed by atoms with van der Waals surface area (Å²) in [5, 5.41) is 5.19. The zero-order valence-corrected chi connectivity index (χ0v) is 15.2. The number of aromatic nitrogens is 2. The monoisotopic (exact) mass is 410 g/mol. The van der Waals surface area contributed by atoms with Crippen molar-refractivity contribution in [2.45, 2.75) is 6.04 Å². The van der Waals surface area contributed by atoms with Crippen molar-refractivity contribution in [2.75, 3.05) is 19.5 Å². The van der Waals surface area contributed by atoms with E-state index in [4.69, 9.17) is 9.47 Å². The van der Waals surface area contributed by atoms with Gasteiger partial charge in [-0.1, -0.05) is 0 Å². The van der Waals surface area contributed by atoms with E-state index in [-0.39, 0.29) is 11.4 Å². The Morgan fingerprint density at radius 1 is 1.16 bits per heavy atom. The Bertz CT molecular complexity index is 981. The Morgan fingerprint density at radius 2 is 1.88 bits per heavy atom. The van der Waals surface area contributed by atoms with E-state index in [9.17, 15) is 14.4 Å². The number of nitrogens with zero attached hydrogens (tertiary/aromatic N) is 1. The summed E-state index contributed by atoms with van der Waals surface area (Å²) in [5.41, 5.74) is -0.384. The average Bonchev–Trinajstić information content (AvgIpc) is 2.58. The number of H-pyrrole nitrogens is 1. The van der Waals surface area contributed by atoms with Crippen molar-refractivity contribution in [2.24, 2.45) is 7.05 Å². The summed E-state index contributed by atoms with van der Waals surface area (Å²) in [7, 11) is 4.45. The van der Waals surface area contributed by atoms with Gasteiger partial charge in [0.25, 0.3) is 5.56 Å². The third kappa shape index (κ3) is 2.78. The SMILES string of the molecule is COc1cc([C@@H]2NC(=O)Nc3c2c(=O)[nH]c(=O)n3C)cc(Br)c1OC. The fourth-order valence-corrected chi connectivity index (χ4v) is 3.38. The van der Waals surface area contributed by atoms with Crippen molar-refractivity contribution in [1.29, 1.82) is 0 Å². The molecule has 1 aliphatic rings. The predicted molar refractivity (Wildman–Crippen MR) is 93.5 cm³/mol. The van der Waals surface area contributed by atoms with Crippen LogP contribution in [0.4, 0.5) is 10.6 Å². The number of rotatable bonds is 3. The molecule has 2 aromatic rings. The Morgan fingerprint density at radius 3 is 2.52 bits per heavy atom. The molecule has 25 heavy (non-hydrogen) atoms. The number of anilines is 1. The summed E-state index contributed by atoms with van der Waals surface area (Å²) in [4.78, 5) is 38.4. The van der Waals surface area contributed by atoms with Crippen LogP contribution in [-0.4, -0.2) is 29.8 Å². The zero-order valence-electron chi connectivity index (χ0n) is 13.6. The molecule has 1 aromatic heterocycles. The molecule has 1 aromatic carbocycles. The van der Waals surface area contributed by atoms with Gasteiger partial charge in [-0.05, 0) is 33.6 Å². The first-order chi connectivity index (χ1) is 11.9. The van der Waals surface area contributed by atoms with Crippen LogP contribution >= 0.6 is 15.9 Å². The van der Waals surface area contributed by atoms with E-state index >= 15 is 0 Å². The molecule has 0 fully saturated rings. The topological polar surface area (TPSA) is 114 Å². The number of hydrogen-bond acceptors (Lipinski definition) is 5. The maximum absolute atomic E-state index is 12.4. The minimum Gasteiger partial charge on any atom is -0.493 e. The first-order valence-electron chi connectivity index (χ1n) is 7.19. The van der Waals surface area contributed by atoms with Gasteiger partial charge in [0.05, 0.1) is 30.3 Å². The van der Waals surface area contributed by atoms with E-state index in [1.807, 2.05) is 0 Å². The molecule has 0 aliphatic carbocycles. The highest BCUT2D eigenvalue weighted by molar-refractivity contribution is 9.10. The van der Waals surface area contributed by atoms with Crippen LogP contribution in [-0.2, 0) is 7.05 Å². The smallest absolute Gasteiger partial charge is 0.329 e.